The molecule has 0 atom stereocenters. The summed E-state index contributed by atoms with van der Waals surface area (Å²) in [6, 6.07) is 4.07. The van der Waals surface area contributed by atoms with Crippen molar-refractivity contribution in [2.45, 2.75) is 18.9 Å². The van der Waals surface area contributed by atoms with Crippen molar-refractivity contribution in [1.82, 2.24) is 4.90 Å². The van der Waals surface area contributed by atoms with Crippen molar-refractivity contribution in [3.05, 3.63) is 29.6 Å². The number of nitrogens with zero attached hydrogens (tertiary/aromatic N) is 1. The van der Waals surface area contributed by atoms with E-state index in [4.69, 9.17) is 0 Å². The van der Waals surface area contributed by atoms with Crippen LogP contribution < -0.4 is 0 Å². The fraction of sp³-hybridized carbons (Fsp3) is 0.364. The van der Waals surface area contributed by atoms with Crippen LogP contribution in [0.1, 0.15) is 23.2 Å². The first-order chi connectivity index (χ1) is 7.11. The summed E-state index contributed by atoms with van der Waals surface area (Å²) in [6.07, 6.45) is 1.91. The van der Waals surface area contributed by atoms with Crippen LogP contribution in [0.25, 0.3) is 0 Å². The van der Waals surface area contributed by atoms with Crippen molar-refractivity contribution < 1.29 is 14.3 Å². The Balaban J connectivity index is 2.31. The Bertz CT molecular complexity index is 381. The molecule has 0 saturated heterocycles. The Morgan fingerprint density at radius 3 is 2.73 bits per heavy atom. The zero-order valence-electron chi connectivity index (χ0n) is 8.40. The van der Waals surface area contributed by atoms with Gasteiger partial charge in [-0.3, -0.25) is 4.79 Å². The Morgan fingerprint density at radius 1 is 1.53 bits per heavy atom. The zero-order chi connectivity index (χ0) is 11.0. The summed E-state index contributed by atoms with van der Waals surface area (Å²) < 4.78 is 13.3. The minimum absolute atomic E-state index is 0.205. The van der Waals surface area contributed by atoms with E-state index in [2.05, 4.69) is 0 Å². The number of carbonyl (C=O) groups excluding carboxylic acids is 1. The number of carbonyl (C=O) groups is 1. The van der Waals surface area contributed by atoms with Crippen LogP contribution in [0.5, 0.6) is 5.75 Å². The van der Waals surface area contributed by atoms with Crippen LogP contribution in [0.2, 0.25) is 0 Å². The molecule has 80 valence electrons. The van der Waals surface area contributed by atoms with Gasteiger partial charge >= 0.3 is 0 Å². The van der Waals surface area contributed by atoms with E-state index >= 15 is 0 Å². The van der Waals surface area contributed by atoms with Gasteiger partial charge in [-0.1, -0.05) is 6.07 Å². The van der Waals surface area contributed by atoms with Crippen LogP contribution in [0, 0.1) is 5.82 Å². The number of hydrogen-bond donors (Lipinski definition) is 1. The van der Waals surface area contributed by atoms with Crippen molar-refractivity contribution in [3.8, 4) is 5.75 Å². The summed E-state index contributed by atoms with van der Waals surface area (Å²) in [5, 5.41) is 9.43. The number of halogens is 1. The second-order valence-corrected chi connectivity index (χ2v) is 3.78. The highest BCUT2D eigenvalue weighted by atomic mass is 19.1. The average Bonchev–Trinajstić information content (AvgIpc) is 2.99. The number of phenols is 1. The van der Waals surface area contributed by atoms with Gasteiger partial charge in [0.05, 0.1) is 0 Å². The molecule has 1 aliphatic rings. The van der Waals surface area contributed by atoms with Crippen molar-refractivity contribution in [2.75, 3.05) is 7.05 Å². The first kappa shape index (κ1) is 9.96. The second-order valence-electron chi connectivity index (χ2n) is 3.78. The van der Waals surface area contributed by atoms with Gasteiger partial charge in [-0.15, -0.1) is 0 Å². The predicted molar refractivity (Wildman–Crippen MR) is 53.2 cm³/mol. The second kappa shape index (κ2) is 3.53. The first-order valence-corrected chi connectivity index (χ1v) is 4.86. The van der Waals surface area contributed by atoms with E-state index in [1.807, 2.05) is 0 Å². The van der Waals surface area contributed by atoms with Gasteiger partial charge in [0.15, 0.2) is 0 Å². The molecule has 0 aromatic heterocycles. The summed E-state index contributed by atoms with van der Waals surface area (Å²) in [5.41, 5.74) is -0.230. The fourth-order valence-corrected chi connectivity index (χ4v) is 1.53. The van der Waals surface area contributed by atoms with Gasteiger partial charge < -0.3 is 10.0 Å². The molecule has 1 N–H and O–H groups in total. The Kier molecular flexibility index (Phi) is 2.34. The maximum atomic E-state index is 13.3. The smallest absolute Gasteiger partial charge is 0.260 e. The van der Waals surface area contributed by atoms with Crippen LogP contribution in [-0.2, 0) is 0 Å². The summed E-state index contributed by atoms with van der Waals surface area (Å²) >= 11 is 0. The summed E-state index contributed by atoms with van der Waals surface area (Å²) in [6.45, 7) is 0. The van der Waals surface area contributed by atoms with Crippen molar-refractivity contribution in [2.24, 2.45) is 0 Å². The SMILES string of the molecule is CN(C(=O)c1c(O)cccc1F)C1CC1. The van der Waals surface area contributed by atoms with Crippen molar-refractivity contribution >= 4 is 5.91 Å². The van der Waals surface area contributed by atoms with Gasteiger partial charge in [0, 0.05) is 13.1 Å². The lowest BCUT2D eigenvalue weighted by Crippen LogP contribution is -2.29. The maximum Gasteiger partial charge on any atom is 0.260 e. The van der Waals surface area contributed by atoms with Gasteiger partial charge in [-0.2, -0.15) is 0 Å². The lowest BCUT2D eigenvalue weighted by atomic mass is 10.1. The van der Waals surface area contributed by atoms with Gasteiger partial charge in [-0.25, -0.2) is 4.39 Å². The van der Waals surface area contributed by atoms with Crippen LogP contribution in [0.3, 0.4) is 0 Å². The normalized spacial score (nSPS) is 15.1. The predicted octanol–water partition coefficient (Wildman–Crippen LogP) is 1.77. The van der Waals surface area contributed by atoms with E-state index in [1.54, 1.807) is 7.05 Å². The number of amides is 1. The van der Waals surface area contributed by atoms with Gasteiger partial charge in [-0.05, 0) is 25.0 Å². The molecule has 0 aliphatic heterocycles. The Morgan fingerprint density at radius 2 is 2.20 bits per heavy atom. The molecule has 2 rings (SSSR count). The summed E-state index contributed by atoms with van der Waals surface area (Å²) in [7, 11) is 1.63. The molecule has 1 aliphatic carbocycles. The fourth-order valence-electron chi connectivity index (χ4n) is 1.53. The van der Waals surface area contributed by atoms with Crippen molar-refractivity contribution in [3.63, 3.8) is 0 Å². The molecule has 1 amide bonds. The largest absolute Gasteiger partial charge is 0.507 e. The summed E-state index contributed by atoms with van der Waals surface area (Å²) in [5.74, 6) is -1.42. The van der Waals surface area contributed by atoms with Crippen LogP contribution in [-0.4, -0.2) is 29.0 Å². The highest BCUT2D eigenvalue weighted by molar-refractivity contribution is 5.97. The van der Waals surface area contributed by atoms with E-state index in [9.17, 15) is 14.3 Å². The molecule has 3 nitrogen and oxygen atoms in total. The number of phenolic OH excluding ortho intramolecular Hbond substituents is 1. The molecular weight excluding hydrogens is 197 g/mol. The molecular formula is C11H12FNO2. The maximum absolute atomic E-state index is 13.3. The first-order valence-electron chi connectivity index (χ1n) is 4.86. The third-order valence-electron chi connectivity index (χ3n) is 2.62. The molecule has 0 radical (unpaired) electrons. The van der Waals surface area contributed by atoms with E-state index < -0.39 is 11.7 Å². The zero-order valence-corrected chi connectivity index (χ0v) is 8.40. The topological polar surface area (TPSA) is 40.5 Å². The van der Waals surface area contributed by atoms with Crippen LogP contribution in [0.15, 0.2) is 18.2 Å². The van der Waals surface area contributed by atoms with E-state index in [1.165, 1.54) is 23.1 Å². The molecule has 0 bridgehead atoms. The van der Waals surface area contributed by atoms with E-state index in [0.29, 0.717) is 0 Å². The lowest BCUT2D eigenvalue weighted by molar-refractivity contribution is 0.0777. The molecule has 1 saturated carbocycles. The monoisotopic (exact) mass is 209 g/mol. The average molecular weight is 209 g/mol. The number of rotatable bonds is 2. The number of benzene rings is 1. The number of aromatic hydroxyl groups is 1. The minimum atomic E-state index is -0.674. The highest BCUT2D eigenvalue weighted by Crippen LogP contribution is 2.29. The molecule has 0 spiro atoms. The Labute approximate surface area is 87.1 Å². The van der Waals surface area contributed by atoms with Gasteiger partial charge in [0.1, 0.15) is 17.1 Å². The molecule has 1 aromatic carbocycles. The Hall–Kier alpha value is -1.58. The third kappa shape index (κ3) is 1.79. The number of hydrogen-bond acceptors (Lipinski definition) is 2. The molecule has 0 heterocycles. The minimum Gasteiger partial charge on any atom is -0.507 e. The quantitative estimate of drug-likeness (QED) is 0.806. The highest BCUT2D eigenvalue weighted by Gasteiger charge is 2.32. The van der Waals surface area contributed by atoms with E-state index in [0.717, 1.165) is 12.8 Å². The molecule has 0 unspecified atom stereocenters. The molecule has 4 heteroatoms. The van der Waals surface area contributed by atoms with Crippen molar-refractivity contribution in [1.29, 1.82) is 0 Å². The van der Waals surface area contributed by atoms with Gasteiger partial charge in [0.25, 0.3) is 5.91 Å². The molecule has 1 aromatic rings. The van der Waals surface area contributed by atoms with Gasteiger partial charge in [0.2, 0.25) is 0 Å². The van der Waals surface area contributed by atoms with E-state index in [-0.39, 0.29) is 17.4 Å². The molecule has 15 heavy (non-hydrogen) atoms. The standard InChI is InChI=1S/C11H12FNO2/c1-13(7-5-6-7)11(15)10-8(12)3-2-4-9(10)14/h2-4,7,14H,5-6H2,1H3. The lowest BCUT2D eigenvalue weighted by Gasteiger charge is -2.17. The summed E-state index contributed by atoms with van der Waals surface area (Å²) in [4.78, 5) is 13.3. The molecule has 1 fully saturated rings. The van der Waals surface area contributed by atoms with Crippen LogP contribution >= 0.6 is 0 Å². The van der Waals surface area contributed by atoms with Crippen LogP contribution in [0.4, 0.5) is 4.39 Å². The third-order valence-corrected chi connectivity index (χ3v) is 2.62.